The predicted molar refractivity (Wildman–Crippen MR) is 126 cm³/mol. The molecule has 5 nitrogen and oxygen atoms in total. The van der Waals surface area contributed by atoms with Gasteiger partial charge in [0.2, 0.25) is 0 Å². The van der Waals surface area contributed by atoms with Crippen molar-refractivity contribution in [3.8, 4) is 5.75 Å². The first-order valence-corrected chi connectivity index (χ1v) is 11.1. The largest absolute Gasteiger partial charge is 0.487 e. The van der Waals surface area contributed by atoms with Crippen LogP contribution in [0.3, 0.4) is 0 Å². The SMILES string of the molecule is CCN(CC)C(C)c1ccc(CCn2ccc(OCc3ccc(Cl)cn3)cc2=O)cc1. The van der Waals surface area contributed by atoms with Gasteiger partial charge in [0, 0.05) is 31.0 Å². The zero-order chi connectivity index (χ0) is 22.2. The summed E-state index contributed by atoms with van der Waals surface area (Å²) in [5, 5.41) is 0.583. The molecular weight excluding hydrogens is 410 g/mol. The molecule has 31 heavy (non-hydrogen) atoms. The van der Waals surface area contributed by atoms with E-state index in [9.17, 15) is 4.79 Å². The minimum Gasteiger partial charge on any atom is -0.487 e. The van der Waals surface area contributed by atoms with Crippen molar-refractivity contribution in [3.63, 3.8) is 0 Å². The number of nitrogens with zero attached hydrogens (tertiary/aromatic N) is 3. The molecule has 0 bridgehead atoms. The van der Waals surface area contributed by atoms with Gasteiger partial charge in [-0.15, -0.1) is 0 Å². The Bertz CT molecular complexity index is 1010. The molecule has 0 fully saturated rings. The number of aryl methyl sites for hydroxylation is 2. The Morgan fingerprint density at radius 2 is 1.84 bits per heavy atom. The second kappa shape index (κ2) is 11.1. The van der Waals surface area contributed by atoms with Gasteiger partial charge in [-0.1, -0.05) is 49.7 Å². The molecule has 2 aromatic heterocycles. The van der Waals surface area contributed by atoms with Gasteiger partial charge in [0.05, 0.1) is 10.7 Å². The zero-order valence-electron chi connectivity index (χ0n) is 18.4. The molecule has 1 aromatic carbocycles. The van der Waals surface area contributed by atoms with Gasteiger partial charge in [-0.2, -0.15) is 0 Å². The topological polar surface area (TPSA) is 47.4 Å². The molecule has 0 radical (unpaired) electrons. The number of rotatable bonds is 10. The van der Waals surface area contributed by atoms with Gasteiger partial charge in [-0.3, -0.25) is 14.7 Å². The van der Waals surface area contributed by atoms with Crippen LogP contribution in [0.25, 0.3) is 0 Å². The van der Waals surface area contributed by atoms with Crippen molar-refractivity contribution in [2.45, 2.75) is 46.4 Å². The standard InChI is InChI=1S/C25H30ClN3O2/c1-4-28(5-2)19(3)21-8-6-20(7-9-21)12-14-29-15-13-24(16-25(29)30)31-18-23-11-10-22(26)17-27-23/h6-11,13,15-17,19H,4-5,12,14,18H2,1-3H3. The molecule has 0 aliphatic heterocycles. The van der Waals surface area contributed by atoms with Gasteiger partial charge in [-0.25, -0.2) is 0 Å². The highest BCUT2D eigenvalue weighted by Gasteiger charge is 2.12. The Kier molecular flexibility index (Phi) is 8.27. The lowest BCUT2D eigenvalue weighted by Crippen LogP contribution is -2.26. The van der Waals surface area contributed by atoms with E-state index in [0.717, 1.165) is 25.2 Å². The maximum Gasteiger partial charge on any atom is 0.254 e. The van der Waals surface area contributed by atoms with Crippen LogP contribution in [0.5, 0.6) is 5.75 Å². The maximum atomic E-state index is 12.4. The van der Waals surface area contributed by atoms with Crippen molar-refractivity contribution < 1.29 is 4.74 Å². The molecule has 0 saturated heterocycles. The highest BCUT2D eigenvalue weighted by Crippen LogP contribution is 2.20. The van der Waals surface area contributed by atoms with Gasteiger partial charge in [0.25, 0.3) is 5.56 Å². The van der Waals surface area contributed by atoms with Crippen molar-refractivity contribution >= 4 is 11.6 Å². The molecule has 3 rings (SSSR count). The van der Waals surface area contributed by atoms with E-state index in [-0.39, 0.29) is 5.56 Å². The summed E-state index contributed by atoms with van der Waals surface area (Å²) in [7, 11) is 0. The van der Waals surface area contributed by atoms with Crippen LogP contribution in [0.15, 0.2) is 65.7 Å². The summed E-state index contributed by atoms with van der Waals surface area (Å²) < 4.78 is 7.39. The summed E-state index contributed by atoms with van der Waals surface area (Å²) in [4.78, 5) is 19.1. The number of pyridine rings is 2. The van der Waals surface area contributed by atoms with Crippen molar-refractivity contribution in [3.05, 3.63) is 93.1 Å². The average molecular weight is 440 g/mol. The second-order valence-corrected chi connectivity index (χ2v) is 7.98. The van der Waals surface area contributed by atoms with Gasteiger partial charge >= 0.3 is 0 Å². The van der Waals surface area contributed by atoms with E-state index in [1.165, 1.54) is 17.2 Å². The van der Waals surface area contributed by atoms with Crippen LogP contribution in [0.1, 0.15) is 43.6 Å². The van der Waals surface area contributed by atoms with E-state index >= 15 is 0 Å². The van der Waals surface area contributed by atoms with Crippen molar-refractivity contribution in [1.29, 1.82) is 0 Å². The molecular formula is C25H30ClN3O2. The Morgan fingerprint density at radius 3 is 2.45 bits per heavy atom. The molecule has 2 heterocycles. The van der Waals surface area contributed by atoms with Crippen LogP contribution in [0.4, 0.5) is 0 Å². The van der Waals surface area contributed by atoms with Gasteiger partial charge in [0.1, 0.15) is 12.4 Å². The quantitative estimate of drug-likeness (QED) is 0.439. The first-order valence-electron chi connectivity index (χ1n) is 10.8. The third-order valence-corrected chi connectivity index (χ3v) is 5.83. The Hall–Kier alpha value is -2.63. The fourth-order valence-electron chi connectivity index (χ4n) is 3.61. The number of aromatic nitrogens is 2. The van der Waals surface area contributed by atoms with E-state index < -0.39 is 0 Å². The number of hydrogen-bond donors (Lipinski definition) is 0. The highest BCUT2D eigenvalue weighted by atomic mass is 35.5. The first kappa shape index (κ1) is 23.0. The minimum atomic E-state index is -0.0756. The molecule has 3 aromatic rings. The van der Waals surface area contributed by atoms with E-state index in [1.54, 1.807) is 29.1 Å². The monoisotopic (exact) mass is 439 g/mol. The normalized spacial score (nSPS) is 12.2. The van der Waals surface area contributed by atoms with Gasteiger partial charge in [-0.05, 0) is 55.8 Å². The number of hydrogen-bond acceptors (Lipinski definition) is 4. The minimum absolute atomic E-state index is 0.0756. The Balaban J connectivity index is 1.55. The summed E-state index contributed by atoms with van der Waals surface area (Å²) in [6.45, 7) is 9.63. The summed E-state index contributed by atoms with van der Waals surface area (Å²) in [6.07, 6.45) is 4.16. The molecule has 0 saturated carbocycles. The van der Waals surface area contributed by atoms with Crippen molar-refractivity contribution in [1.82, 2.24) is 14.5 Å². The lowest BCUT2D eigenvalue weighted by molar-refractivity contribution is 0.234. The molecule has 0 spiro atoms. The third-order valence-electron chi connectivity index (χ3n) is 5.61. The molecule has 164 valence electrons. The number of halogens is 1. The fraction of sp³-hybridized carbons (Fsp3) is 0.360. The Morgan fingerprint density at radius 1 is 1.10 bits per heavy atom. The number of ether oxygens (including phenoxy) is 1. The van der Waals surface area contributed by atoms with Crippen molar-refractivity contribution in [2.75, 3.05) is 13.1 Å². The van der Waals surface area contributed by atoms with Gasteiger partial charge in [0.15, 0.2) is 0 Å². The van der Waals surface area contributed by atoms with Crippen LogP contribution in [0.2, 0.25) is 5.02 Å². The van der Waals surface area contributed by atoms with Crippen LogP contribution in [-0.4, -0.2) is 27.5 Å². The van der Waals surface area contributed by atoms with Gasteiger partial charge < -0.3 is 9.30 Å². The zero-order valence-corrected chi connectivity index (χ0v) is 19.2. The smallest absolute Gasteiger partial charge is 0.254 e. The average Bonchev–Trinajstić information content (AvgIpc) is 2.79. The predicted octanol–water partition coefficient (Wildman–Crippen LogP) is 5.12. The summed E-state index contributed by atoms with van der Waals surface area (Å²) in [6, 6.07) is 16.0. The first-order chi connectivity index (χ1) is 15.0. The van der Waals surface area contributed by atoms with Crippen molar-refractivity contribution in [2.24, 2.45) is 0 Å². The maximum absolute atomic E-state index is 12.4. The number of benzene rings is 1. The molecule has 1 atom stereocenters. The summed E-state index contributed by atoms with van der Waals surface area (Å²) in [5.74, 6) is 0.535. The third kappa shape index (κ3) is 6.42. The second-order valence-electron chi connectivity index (χ2n) is 7.54. The van der Waals surface area contributed by atoms with Crippen LogP contribution < -0.4 is 10.3 Å². The van der Waals surface area contributed by atoms with E-state index in [1.807, 2.05) is 6.07 Å². The fourth-order valence-corrected chi connectivity index (χ4v) is 3.72. The van der Waals surface area contributed by atoms with Crippen LogP contribution in [0, 0.1) is 0 Å². The van der Waals surface area contributed by atoms with E-state index in [2.05, 4.69) is 54.9 Å². The Labute approximate surface area is 189 Å². The molecule has 0 N–H and O–H groups in total. The molecule has 0 amide bonds. The van der Waals surface area contributed by atoms with E-state index in [0.29, 0.717) is 30.0 Å². The summed E-state index contributed by atoms with van der Waals surface area (Å²) in [5.41, 5.74) is 3.22. The molecule has 1 unspecified atom stereocenters. The molecule has 6 heteroatoms. The summed E-state index contributed by atoms with van der Waals surface area (Å²) >= 11 is 5.84. The van der Waals surface area contributed by atoms with E-state index in [4.69, 9.17) is 16.3 Å². The lowest BCUT2D eigenvalue weighted by atomic mass is 10.0. The lowest BCUT2D eigenvalue weighted by Gasteiger charge is -2.26. The molecule has 0 aliphatic rings. The molecule has 0 aliphatic carbocycles. The van der Waals surface area contributed by atoms with Crippen LogP contribution in [-0.2, 0) is 19.6 Å². The van der Waals surface area contributed by atoms with Crippen LogP contribution >= 0.6 is 11.6 Å². The highest BCUT2D eigenvalue weighted by molar-refractivity contribution is 6.30.